The molecule has 0 radical (unpaired) electrons. The van der Waals surface area contributed by atoms with E-state index >= 15 is 0 Å². The van der Waals surface area contributed by atoms with Gasteiger partial charge in [0.15, 0.2) is 0 Å². The molecule has 2 rings (SSSR count). The Hall–Kier alpha value is -2.74. The molecule has 0 aromatic heterocycles. The molecular weight excluding hydrogens is 246 g/mol. The molecular formula is C18H15NO. The lowest BCUT2D eigenvalue weighted by Crippen LogP contribution is -2.04. The first-order valence-electron chi connectivity index (χ1n) is 6.39. The van der Waals surface area contributed by atoms with Gasteiger partial charge in [-0.25, -0.2) is 4.99 Å². The van der Waals surface area contributed by atoms with E-state index in [1.54, 1.807) is 24.3 Å². The zero-order chi connectivity index (χ0) is 14.0. The van der Waals surface area contributed by atoms with Gasteiger partial charge in [0.2, 0.25) is 0 Å². The summed E-state index contributed by atoms with van der Waals surface area (Å²) in [5.74, 6) is -0.240. The number of rotatable bonds is 1. The Balaban J connectivity index is 2.44. The van der Waals surface area contributed by atoms with Crippen LogP contribution >= 0.6 is 0 Å². The lowest BCUT2D eigenvalue weighted by Gasteiger charge is -1.92. The summed E-state index contributed by atoms with van der Waals surface area (Å²) in [6.45, 7) is 0. The van der Waals surface area contributed by atoms with Crippen LogP contribution in [0.4, 0.5) is 0 Å². The van der Waals surface area contributed by atoms with Gasteiger partial charge in [0.25, 0.3) is 5.91 Å². The zero-order valence-electron chi connectivity index (χ0n) is 11.0. The minimum Gasteiger partial charge on any atom is -0.267 e. The van der Waals surface area contributed by atoms with Crippen LogP contribution < -0.4 is 5.36 Å². The molecule has 0 saturated carbocycles. The number of nitrogens with zero attached hydrogens (tertiary/aromatic N) is 1. The molecule has 0 aliphatic rings. The number of hydrogen-bond donors (Lipinski definition) is 0. The van der Waals surface area contributed by atoms with Crippen LogP contribution in [0.15, 0.2) is 96.0 Å². The van der Waals surface area contributed by atoms with Crippen molar-refractivity contribution in [3.05, 3.63) is 102 Å². The molecule has 0 fully saturated rings. The van der Waals surface area contributed by atoms with Gasteiger partial charge in [0.05, 0.1) is 5.36 Å². The summed E-state index contributed by atoms with van der Waals surface area (Å²) in [6.07, 6.45) is 0. The van der Waals surface area contributed by atoms with Gasteiger partial charge in [-0.15, -0.1) is 0 Å². The highest BCUT2D eigenvalue weighted by Crippen LogP contribution is 1.99. The van der Waals surface area contributed by atoms with E-state index in [2.05, 4.69) is 4.99 Å². The summed E-state index contributed by atoms with van der Waals surface area (Å²) in [7, 11) is 0. The van der Waals surface area contributed by atoms with Crippen molar-refractivity contribution in [2.45, 2.75) is 0 Å². The number of carbonyl (C=O) groups is 1. The van der Waals surface area contributed by atoms with E-state index in [1.165, 1.54) is 0 Å². The largest absolute Gasteiger partial charge is 0.277 e. The molecule has 0 aliphatic heterocycles. The minimum absolute atomic E-state index is 0.240. The van der Waals surface area contributed by atoms with E-state index < -0.39 is 0 Å². The molecule has 0 spiro atoms. The second-order valence-electron chi connectivity index (χ2n) is 4.08. The molecule has 0 heterocycles. The number of hydrogen-bond acceptors (Lipinski definition) is 1. The second-order valence-corrected chi connectivity index (χ2v) is 4.08. The predicted octanol–water partition coefficient (Wildman–Crippen LogP) is 3.55. The molecule has 98 valence electrons. The van der Waals surface area contributed by atoms with Gasteiger partial charge < -0.3 is 0 Å². The van der Waals surface area contributed by atoms with E-state index in [9.17, 15) is 4.79 Å². The Kier molecular flexibility index (Phi) is 5.23. The lowest BCUT2D eigenvalue weighted by molar-refractivity contribution is 0.0998. The average Bonchev–Trinajstić information content (AvgIpc) is 2.54. The summed E-state index contributed by atoms with van der Waals surface area (Å²) in [5.41, 5.74) is 0.587. The highest BCUT2D eigenvalue weighted by molar-refractivity contribution is 5.94. The molecule has 2 aromatic carbocycles. The van der Waals surface area contributed by atoms with E-state index in [4.69, 9.17) is 0 Å². The Morgan fingerprint density at radius 1 is 0.600 bits per heavy atom. The Labute approximate surface area is 118 Å². The third-order valence-electron chi connectivity index (χ3n) is 2.56. The van der Waals surface area contributed by atoms with Crippen molar-refractivity contribution in [1.82, 2.24) is 0 Å². The first-order valence-corrected chi connectivity index (χ1v) is 6.39. The van der Waals surface area contributed by atoms with Crippen LogP contribution in [0.25, 0.3) is 0 Å². The SMILES string of the molecule is O=C(N=c1cccccccccc1)c1ccccc1. The summed E-state index contributed by atoms with van der Waals surface area (Å²) < 4.78 is 0. The van der Waals surface area contributed by atoms with Crippen LogP contribution in [-0.4, -0.2) is 5.91 Å². The molecule has 2 nitrogen and oxygen atoms in total. The van der Waals surface area contributed by atoms with Gasteiger partial charge in [-0.05, 0) is 24.3 Å². The molecule has 20 heavy (non-hydrogen) atoms. The topological polar surface area (TPSA) is 29.4 Å². The molecule has 0 N–H and O–H groups in total. The molecule has 0 bridgehead atoms. The zero-order valence-corrected chi connectivity index (χ0v) is 11.0. The standard InChI is InChI=1S/C18H15NO/c20-18(16-12-8-7-9-13-16)19-17-14-10-5-3-1-2-4-6-11-15-17/h1-15H. The first-order chi connectivity index (χ1) is 9.86. The van der Waals surface area contributed by atoms with Crippen LogP contribution in [0.2, 0.25) is 0 Å². The summed E-state index contributed by atoms with van der Waals surface area (Å²) in [4.78, 5) is 16.2. The maximum atomic E-state index is 12.0. The number of amides is 1. The summed E-state index contributed by atoms with van der Waals surface area (Å²) >= 11 is 0. The van der Waals surface area contributed by atoms with Gasteiger partial charge in [-0.3, -0.25) is 4.79 Å². The normalized spacial score (nSPS) is 9.20. The highest BCUT2D eigenvalue weighted by Gasteiger charge is 2.00. The summed E-state index contributed by atoms with van der Waals surface area (Å²) in [5, 5.41) is 0.620. The predicted molar refractivity (Wildman–Crippen MR) is 80.4 cm³/mol. The van der Waals surface area contributed by atoms with E-state index in [0.29, 0.717) is 10.9 Å². The quantitative estimate of drug-likeness (QED) is 0.772. The van der Waals surface area contributed by atoms with Gasteiger partial charge in [-0.1, -0.05) is 66.7 Å². The molecule has 2 aromatic rings. The number of carbonyl (C=O) groups excluding carboxylic acids is 1. The van der Waals surface area contributed by atoms with Crippen molar-refractivity contribution in [3.8, 4) is 0 Å². The van der Waals surface area contributed by atoms with E-state index in [-0.39, 0.29) is 5.91 Å². The van der Waals surface area contributed by atoms with Crippen LogP contribution in [0.1, 0.15) is 10.4 Å². The molecule has 0 saturated heterocycles. The Morgan fingerprint density at radius 3 is 1.55 bits per heavy atom. The van der Waals surface area contributed by atoms with Crippen LogP contribution in [0.5, 0.6) is 0 Å². The fourth-order valence-corrected chi connectivity index (χ4v) is 1.59. The maximum Gasteiger partial charge on any atom is 0.277 e. The molecule has 0 atom stereocenters. The fourth-order valence-electron chi connectivity index (χ4n) is 1.59. The number of benzene rings is 1. The maximum absolute atomic E-state index is 12.0. The van der Waals surface area contributed by atoms with Gasteiger partial charge in [0, 0.05) is 5.56 Å². The van der Waals surface area contributed by atoms with Crippen molar-refractivity contribution in [3.63, 3.8) is 0 Å². The molecule has 1 amide bonds. The van der Waals surface area contributed by atoms with Crippen molar-refractivity contribution in [2.24, 2.45) is 4.99 Å². The third-order valence-corrected chi connectivity index (χ3v) is 2.56. The van der Waals surface area contributed by atoms with Crippen molar-refractivity contribution < 1.29 is 4.79 Å². The first kappa shape index (κ1) is 13.7. The van der Waals surface area contributed by atoms with Gasteiger partial charge >= 0.3 is 0 Å². The molecule has 0 aliphatic carbocycles. The second kappa shape index (κ2) is 7.64. The van der Waals surface area contributed by atoms with Crippen molar-refractivity contribution in [1.29, 1.82) is 0 Å². The molecule has 0 unspecified atom stereocenters. The highest BCUT2D eigenvalue weighted by atomic mass is 16.1. The Bertz CT molecular complexity index is 659. The van der Waals surface area contributed by atoms with Crippen LogP contribution in [-0.2, 0) is 0 Å². The monoisotopic (exact) mass is 261 g/mol. The summed E-state index contributed by atoms with van der Waals surface area (Å²) in [6, 6.07) is 27.9. The van der Waals surface area contributed by atoms with Gasteiger partial charge in [0.1, 0.15) is 0 Å². The fraction of sp³-hybridized carbons (Fsp3) is 0. The van der Waals surface area contributed by atoms with E-state index in [0.717, 1.165) is 0 Å². The lowest BCUT2D eigenvalue weighted by atomic mass is 10.2. The minimum atomic E-state index is -0.240. The van der Waals surface area contributed by atoms with Gasteiger partial charge in [-0.2, -0.15) is 0 Å². The van der Waals surface area contributed by atoms with E-state index in [1.807, 2.05) is 66.7 Å². The smallest absolute Gasteiger partial charge is 0.267 e. The third kappa shape index (κ3) is 4.50. The van der Waals surface area contributed by atoms with Crippen molar-refractivity contribution >= 4 is 5.91 Å². The van der Waals surface area contributed by atoms with Crippen molar-refractivity contribution in [2.75, 3.05) is 0 Å². The average molecular weight is 261 g/mol. The van der Waals surface area contributed by atoms with Crippen LogP contribution in [0.3, 0.4) is 0 Å². The van der Waals surface area contributed by atoms with Crippen LogP contribution in [0, 0.1) is 0 Å². The Morgan fingerprint density at radius 2 is 1.00 bits per heavy atom. The molecule has 2 heteroatoms.